The SMILES string of the molecule is COc1ccc(Cl)cc1C(N)c1ccc(C(C)(C)C)s1. The molecule has 0 aliphatic heterocycles. The van der Waals surface area contributed by atoms with Crippen molar-refractivity contribution in [3.05, 3.63) is 50.7 Å². The summed E-state index contributed by atoms with van der Waals surface area (Å²) in [7, 11) is 1.65. The van der Waals surface area contributed by atoms with E-state index >= 15 is 0 Å². The van der Waals surface area contributed by atoms with Crippen molar-refractivity contribution in [2.24, 2.45) is 5.73 Å². The zero-order valence-corrected chi connectivity index (χ0v) is 13.8. The van der Waals surface area contributed by atoms with Gasteiger partial charge in [-0.15, -0.1) is 11.3 Å². The monoisotopic (exact) mass is 309 g/mol. The van der Waals surface area contributed by atoms with Crippen LogP contribution in [0.3, 0.4) is 0 Å². The standard InChI is InChI=1S/C16H20ClNOS/c1-16(2,3)14-8-7-13(20-14)15(18)11-9-10(17)5-6-12(11)19-4/h5-9,15H,18H2,1-4H3. The van der Waals surface area contributed by atoms with Crippen LogP contribution in [-0.2, 0) is 5.41 Å². The molecule has 0 aliphatic rings. The summed E-state index contributed by atoms with van der Waals surface area (Å²) in [5, 5.41) is 0.670. The number of thiophene rings is 1. The molecule has 108 valence electrons. The number of methoxy groups -OCH3 is 1. The van der Waals surface area contributed by atoms with E-state index in [-0.39, 0.29) is 11.5 Å². The van der Waals surface area contributed by atoms with Crippen molar-refractivity contribution < 1.29 is 4.74 Å². The molecule has 0 amide bonds. The molecular weight excluding hydrogens is 290 g/mol. The maximum Gasteiger partial charge on any atom is 0.124 e. The molecule has 0 aliphatic carbocycles. The largest absolute Gasteiger partial charge is 0.496 e. The van der Waals surface area contributed by atoms with Crippen LogP contribution in [0.15, 0.2) is 30.3 Å². The minimum Gasteiger partial charge on any atom is -0.496 e. The Hall–Kier alpha value is -1.03. The summed E-state index contributed by atoms with van der Waals surface area (Å²) >= 11 is 7.82. The van der Waals surface area contributed by atoms with Gasteiger partial charge in [0.1, 0.15) is 5.75 Å². The van der Waals surface area contributed by atoms with E-state index in [2.05, 4.69) is 32.9 Å². The van der Waals surface area contributed by atoms with Crippen molar-refractivity contribution in [2.75, 3.05) is 7.11 Å². The lowest BCUT2D eigenvalue weighted by molar-refractivity contribution is 0.408. The summed E-state index contributed by atoms with van der Waals surface area (Å²) in [5.41, 5.74) is 7.45. The van der Waals surface area contributed by atoms with E-state index in [0.29, 0.717) is 5.02 Å². The lowest BCUT2D eigenvalue weighted by Gasteiger charge is -2.17. The molecule has 20 heavy (non-hydrogen) atoms. The van der Waals surface area contributed by atoms with Crippen LogP contribution in [0, 0.1) is 0 Å². The third kappa shape index (κ3) is 3.17. The lowest BCUT2D eigenvalue weighted by atomic mass is 9.95. The normalized spacial score (nSPS) is 13.3. The Morgan fingerprint density at radius 3 is 2.45 bits per heavy atom. The molecule has 1 aromatic carbocycles. The fourth-order valence-corrected chi connectivity index (χ4v) is 3.29. The number of hydrogen-bond acceptors (Lipinski definition) is 3. The molecule has 0 fully saturated rings. The average molecular weight is 310 g/mol. The third-order valence-corrected chi connectivity index (χ3v) is 5.03. The number of nitrogens with two attached hydrogens (primary N) is 1. The third-order valence-electron chi connectivity index (χ3n) is 3.20. The van der Waals surface area contributed by atoms with Crippen LogP contribution in [0.4, 0.5) is 0 Å². The molecule has 1 heterocycles. The highest BCUT2D eigenvalue weighted by molar-refractivity contribution is 7.12. The minimum atomic E-state index is -0.218. The summed E-state index contributed by atoms with van der Waals surface area (Å²) in [6, 6.07) is 9.57. The van der Waals surface area contributed by atoms with Gasteiger partial charge >= 0.3 is 0 Å². The highest BCUT2D eigenvalue weighted by Crippen LogP contribution is 2.36. The van der Waals surface area contributed by atoms with Gasteiger partial charge in [-0.2, -0.15) is 0 Å². The van der Waals surface area contributed by atoms with Crippen LogP contribution < -0.4 is 10.5 Å². The summed E-state index contributed by atoms with van der Waals surface area (Å²) in [6.45, 7) is 6.61. The number of benzene rings is 1. The topological polar surface area (TPSA) is 35.2 Å². The average Bonchev–Trinajstić information content (AvgIpc) is 2.87. The Kier molecular flexibility index (Phi) is 4.43. The molecule has 1 unspecified atom stereocenters. The zero-order chi connectivity index (χ0) is 14.9. The minimum absolute atomic E-state index is 0.140. The molecule has 2 rings (SSSR count). The van der Waals surface area contributed by atoms with Crippen LogP contribution in [0.25, 0.3) is 0 Å². The second kappa shape index (κ2) is 5.76. The van der Waals surface area contributed by atoms with E-state index in [1.54, 1.807) is 18.4 Å². The summed E-state index contributed by atoms with van der Waals surface area (Å²) in [6.07, 6.45) is 0. The first-order valence-corrected chi connectivity index (χ1v) is 7.71. The Bertz CT molecular complexity index is 601. The van der Waals surface area contributed by atoms with Crippen LogP contribution in [-0.4, -0.2) is 7.11 Å². The van der Waals surface area contributed by atoms with Gasteiger partial charge < -0.3 is 10.5 Å². The first-order chi connectivity index (χ1) is 9.32. The fourth-order valence-electron chi connectivity index (χ4n) is 2.02. The van der Waals surface area contributed by atoms with Gasteiger partial charge in [-0.05, 0) is 35.7 Å². The van der Waals surface area contributed by atoms with Crippen molar-refractivity contribution in [1.29, 1.82) is 0 Å². The van der Waals surface area contributed by atoms with Crippen molar-refractivity contribution >= 4 is 22.9 Å². The first kappa shape index (κ1) is 15.4. The van der Waals surface area contributed by atoms with E-state index < -0.39 is 0 Å². The summed E-state index contributed by atoms with van der Waals surface area (Å²) in [4.78, 5) is 2.44. The Morgan fingerprint density at radius 2 is 1.90 bits per heavy atom. The zero-order valence-electron chi connectivity index (χ0n) is 12.2. The van der Waals surface area contributed by atoms with Crippen LogP contribution in [0.1, 0.15) is 42.1 Å². The Morgan fingerprint density at radius 1 is 1.20 bits per heavy atom. The number of ether oxygens (including phenoxy) is 1. The Balaban J connectivity index is 2.38. The molecular formula is C16H20ClNOS. The second-order valence-corrected chi connectivity index (χ2v) is 7.37. The first-order valence-electron chi connectivity index (χ1n) is 6.52. The molecule has 0 radical (unpaired) electrons. The van der Waals surface area contributed by atoms with Gasteiger partial charge in [0.25, 0.3) is 0 Å². The van der Waals surface area contributed by atoms with Crippen molar-refractivity contribution in [1.82, 2.24) is 0 Å². The fraction of sp³-hybridized carbons (Fsp3) is 0.375. The quantitative estimate of drug-likeness (QED) is 0.887. The molecule has 1 atom stereocenters. The van der Waals surface area contributed by atoms with E-state index in [1.807, 2.05) is 18.2 Å². The van der Waals surface area contributed by atoms with Crippen LogP contribution >= 0.6 is 22.9 Å². The number of rotatable bonds is 3. The van der Waals surface area contributed by atoms with Gasteiger partial charge in [-0.3, -0.25) is 0 Å². The molecule has 0 bridgehead atoms. The molecule has 0 saturated heterocycles. The highest BCUT2D eigenvalue weighted by Gasteiger charge is 2.20. The highest BCUT2D eigenvalue weighted by atomic mass is 35.5. The molecule has 1 aromatic heterocycles. The van der Waals surface area contributed by atoms with Gasteiger partial charge in [-0.25, -0.2) is 0 Å². The summed E-state index contributed by atoms with van der Waals surface area (Å²) in [5.74, 6) is 0.771. The van der Waals surface area contributed by atoms with Crippen molar-refractivity contribution in [3.63, 3.8) is 0 Å². The molecule has 2 nitrogen and oxygen atoms in total. The Labute approximate surface area is 129 Å². The van der Waals surface area contributed by atoms with E-state index in [4.69, 9.17) is 22.1 Å². The maximum absolute atomic E-state index is 6.39. The van der Waals surface area contributed by atoms with Crippen LogP contribution in [0.5, 0.6) is 5.75 Å². The lowest BCUT2D eigenvalue weighted by Crippen LogP contribution is -2.12. The molecule has 0 saturated carbocycles. The predicted octanol–water partition coefficient (Wildman–Crippen LogP) is 4.76. The molecule has 4 heteroatoms. The van der Waals surface area contributed by atoms with E-state index in [1.165, 1.54) is 4.88 Å². The summed E-state index contributed by atoms with van der Waals surface area (Å²) < 4.78 is 5.38. The predicted molar refractivity (Wildman–Crippen MR) is 87.1 cm³/mol. The van der Waals surface area contributed by atoms with Crippen LogP contribution in [0.2, 0.25) is 5.02 Å². The second-order valence-electron chi connectivity index (χ2n) is 5.82. The molecule has 2 aromatic rings. The molecule has 2 N–H and O–H groups in total. The van der Waals surface area contributed by atoms with Gasteiger partial charge in [0.05, 0.1) is 13.2 Å². The smallest absolute Gasteiger partial charge is 0.124 e. The van der Waals surface area contributed by atoms with Crippen molar-refractivity contribution in [3.8, 4) is 5.75 Å². The van der Waals surface area contributed by atoms with Gasteiger partial charge in [0.2, 0.25) is 0 Å². The number of halogens is 1. The molecule has 0 spiro atoms. The van der Waals surface area contributed by atoms with Gasteiger partial charge in [0.15, 0.2) is 0 Å². The van der Waals surface area contributed by atoms with Gasteiger partial charge in [-0.1, -0.05) is 32.4 Å². The van der Waals surface area contributed by atoms with E-state index in [0.717, 1.165) is 16.2 Å². The van der Waals surface area contributed by atoms with Gasteiger partial charge in [0, 0.05) is 20.3 Å². The number of hydrogen-bond donors (Lipinski definition) is 1. The maximum atomic E-state index is 6.39. The van der Waals surface area contributed by atoms with Crippen molar-refractivity contribution in [2.45, 2.75) is 32.2 Å². The van der Waals surface area contributed by atoms with E-state index in [9.17, 15) is 0 Å².